The summed E-state index contributed by atoms with van der Waals surface area (Å²) in [5.74, 6) is 2.63. The van der Waals surface area contributed by atoms with Crippen LogP contribution in [-0.4, -0.2) is 68.5 Å². The minimum absolute atomic E-state index is 0. The Hall–Kier alpha value is -0.880. The molecule has 0 aliphatic carbocycles. The molecule has 8 nitrogen and oxygen atoms in total. The van der Waals surface area contributed by atoms with Crippen molar-refractivity contribution in [3.8, 4) is 0 Å². The summed E-state index contributed by atoms with van der Waals surface area (Å²) in [6, 6.07) is 0. The first-order valence-corrected chi connectivity index (χ1v) is 10.1. The Labute approximate surface area is 166 Å². The zero-order valence-electron chi connectivity index (χ0n) is 15.0. The van der Waals surface area contributed by atoms with Crippen molar-refractivity contribution in [3.05, 3.63) is 17.3 Å². The Balaban J connectivity index is 0.00000312. The number of oxazole rings is 1. The van der Waals surface area contributed by atoms with Crippen molar-refractivity contribution in [2.24, 2.45) is 4.99 Å². The van der Waals surface area contributed by atoms with E-state index in [2.05, 4.69) is 25.5 Å². The van der Waals surface area contributed by atoms with Crippen LogP contribution in [0.1, 0.15) is 24.3 Å². The molecule has 0 radical (unpaired) electrons. The molecule has 0 atom stereocenters. The zero-order valence-corrected chi connectivity index (χ0v) is 18.2. The molecule has 0 aromatic carbocycles. The molecule has 0 bridgehead atoms. The number of hydrogen-bond acceptors (Lipinski definition) is 6. The van der Waals surface area contributed by atoms with E-state index in [0.717, 1.165) is 24.5 Å². The van der Waals surface area contributed by atoms with E-state index in [1.165, 1.54) is 0 Å². The standard InChI is InChI=1S/C15H27N5O3S.HI/c1-4-16-15(18-11-14-19-12(2)13(3)23-14)17-5-6-20-7-9-24(21,22)10-8-20;/h4-11H2,1-3H3,(H2,16,17,18);1H. The van der Waals surface area contributed by atoms with Crippen LogP contribution in [0.5, 0.6) is 0 Å². The predicted molar refractivity (Wildman–Crippen MR) is 109 cm³/mol. The van der Waals surface area contributed by atoms with Crippen LogP contribution in [0.3, 0.4) is 0 Å². The Bertz CT molecular complexity index is 641. The third-order valence-corrected chi connectivity index (χ3v) is 5.56. The summed E-state index contributed by atoms with van der Waals surface area (Å²) in [4.78, 5) is 10.9. The molecular formula is C15H28IN5O3S. The number of nitrogens with one attached hydrogen (secondary N) is 2. The smallest absolute Gasteiger partial charge is 0.216 e. The van der Waals surface area contributed by atoms with Crippen LogP contribution in [0.4, 0.5) is 0 Å². The average molecular weight is 485 g/mol. The van der Waals surface area contributed by atoms with E-state index in [1.54, 1.807) is 0 Å². The third kappa shape index (κ3) is 7.48. The second-order valence-corrected chi connectivity index (χ2v) is 8.17. The minimum atomic E-state index is -2.82. The van der Waals surface area contributed by atoms with Gasteiger partial charge in [-0.25, -0.2) is 18.4 Å². The van der Waals surface area contributed by atoms with E-state index >= 15 is 0 Å². The number of halogens is 1. The predicted octanol–water partition coefficient (Wildman–Crippen LogP) is 0.695. The quantitative estimate of drug-likeness (QED) is 0.348. The van der Waals surface area contributed by atoms with E-state index in [4.69, 9.17) is 4.42 Å². The van der Waals surface area contributed by atoms with Gasteiger partial charge in [0.15, 0.2) is 15.8 Å². The molecule has 144 valence electrons. The molecule has 2 rings (SSSR count). The van der Waals surface area contributed by atoms with Gasteiger partial charge in [0.05, 0.1) is 17.2 Å². The number of hydrogen-bond donors (Lipinski definition) is 2. The highest BCUT2D eigenvalue weighted by Gasteiger charge is 2.20. The van der Waals surface area contributed by atoms with Crippen molar-refractivity contribution >= 4 is 39.8 Å². The lowest BCUT2D eigenvalue weighted by Crippen LogP contribution is -2.45. The van der Waals surface area contributed by atoms with E-state index in [-0.39, 0.29) is 35.5 Å². The molecule has 0 saturated carbocycles. The number of aromatic nitrogens is 1. The fraction of sp³-hybridized carbons (Fsp3) is 0.733. The van der Waals surface area contributed by atoms with Gasteiger partial charge in [0, 0.05) is 32.7 Å². The molecule has 10 heteroatoms. The number of sulfone groups is 1. The van der Waals surface area contributed by atoms with Crippen LogP contribution in [-0.2, 0) is 16.4 Å². The molecule has 1 aliphatic heterocycles. The van der Waals surface area contributed by atoms with Crippen LogP contribution < -0.4 is 10.6 Å². The molecule has 2 N–H and O–H groups in total. The summed E-state index contributed by atoms with van der Waals surface area (Å²) in [5.41, 5.74) is 0.887. The highest BCUT2D eigenvalue weighted by molar-refractivity contribution is 14.0. The van der Waals surface area contributed by atoms with Gasteiger partial charge in [-0.05, 0) is 20.8 Å². The van der Waals surface area contributed by atoms with Gasteiger partial charge in [0.2, 0.25) is 5.89 Å². The summed E-state index contributed by atoms with van der Waals surface area (Å²) >= 11 is 0. The number of nitrogens with zero attached hydrogens (tertiary/aromatic N) is 3. The first-order chi connectivity index (χ1) is 11.4. The lowest BCUT2D eigenvalue weighted by atomic mass is 10.4. The highest BCUT2D eigenvalue weighted by Crippen LogP contribution is 2.08. The minimum Gasteiger partial charge on any atom is -0.444 e. The van der Waals surface area contributed by atoms with Gasteiger partial charge in [-0.15, -0.1) is 24.0 Å². The average Bonchev–Trinajstić information content (AvgIpc) is 2.85. The lowest BCUT2D eigenvalue weighted by Gasteiger charge is -2.26. The Kier molecular flexibility index (Phi) is 9.14. The molecule has 2 heterocycles. The molecule has 25 heavy (non-hydrogen) atoms. The first-order valence-electron chi connectivity index (χ1n) is 8.27. The number of aliphatic imine (C=N–C) groups is 1. The monoisotopic (exact) mass is 485 g/mol. The fourth-order valence-corrected chi connectivity index (χ4v) is 3.68. The van der Waals surface area contributed by atoms with E-state index < -0.39 is 9.84 Å². The Morgan fingerprint density at radius 2 is 1.96 bits per heavy atom. The van der Waals surface area contributed by atoms with Crippen LogP contribution in [0.2, 0.25) is 0 Å². The topological polar surface area (TPSA) is 99.8 Å². The van der Waals surface area contributed by atoms with Gasteiger partial charge in [0.25, 0.3) is 0 Å². The van der Waals surface area contributed by atoms with Gasteiger partial charge in [-0.3, -0.25) is 4.90 Å². The second kappa shape index (κ2) is 10.3. The van der Waals surface area contributed by atoms with Gasteiger partial charge < -0.3 is 15.1 Å². The highest BCUT2D eigenvalue weighted by atomic mass is 127. The molecular weight excluding hydrogens is 457 g/mol. The molecule has 1 aliphatic rings. The van der Waals surface area contributed by atoms with Crippen molar-refractivity contribution in [3.63, 3.8) is 0 Å². The lowest BCUT2D eigenvalue weighted by molar-refractivity contribution is 0.299. The van der Waals surface area contributed by atoms with Crippen molar-refractivity contribution in [2.45, 2.75) is 27.3 Å². The summed E-state index contributed by atoms with van der Waals surface area (Å²) in [6.07, 6.45) is 0. The SMILES string of the molecule is CCNC(=NCc1nc(C)c(C)o1)NCCN1CCS(=O)(=O)CC1.I. The number of aryl methyl sites for hydroxylation is 2. The first kappa shape index (κ1) is 22.2. The van der Waals surface area contributed by atoms with Gasteiger partial charge >= 0.3 is 0 Å². The molecule has 1 aromatic heterocycles. The summed E-state index contributed by atoms with van der Waals surface area (Å²) in [5, 5.41) is 6.44. The van der Waals surface area contributed by atoms with Crippen molar-refractivity contribution in [1.82, 2.24) is 20.5 Å². The van der Waals surface area contributed by atoms with E-state index in [9.17, 15) is 8.42 Å². The maximum absolute atomic E-state index is 11.4. The summed E-state index contributed by atoms with van der Waals surface area (Å²) in [7, 11) is -2.82. The normalized spacial score (nSPS) is 17.8. The largest absolute Gasteiger partial charge is 0.444 e. The van der Waals surface area contributed by atoms with Crippen molar-refractivity contribution < 1.29 is 12.8 Å². The molecule has 1 fully saturated rings. The van der Waals surface area contributed by atoms with Crippen LogP contribution in [0.25, 0.3) is 0 Å². The summed E-state index contributed by atoms with van der Waals surface area (Å²) in [6.45, 7) is 9.65. The van der Waals surface area contributed by atoms with Gasteiger partial charge in [-0.2, -0.15) is 0 Å². The maximum Gasteiger partial charge on any atom is 0.216 e. The van der Waals surface area contributed by atoms with Crippen LogP contribution in [0.15, 0.2) is 9.41 Å². The Morgan fingerprint density at radius 3 is 2.52 bits per heavy atom. The second-order valence-electron chi connectivity index (χ2n) is 5.86. The van der Waals surface area contributed by atoms with Gasteiger partial charge in [-0.1, -0.05) is 0 Å². The van der Waals surface area contributed by atoms with Crippen LogP contribution >= 0.6 is 24.0 Å². The number of rotatable bonds is 6. The third-order valence-electron chi connectivity index (χ3n) is 3.95. The van der Waals surface area contributed by atoms with Crippen molar-refractivity contribution in [1.29, 1.82) is 0 Å². The van der Waals surface area contributed by atoms with Gasteiger partial charge in [0.1, 0.15) is 12.3 Å². The van der Waals surface area contributed by atoms with E-state index in [0.29, 0.717) is 38.0 Å². The molecule has 1 saturated heterocycles. The molecule has 0 amide bonds. The molecule has 0 unspecified atom stereocenters. The molecule has 0 spiro atoms. The summed E-state index contributed by atoms with van der Waals surface area (Å²) < 4.78 is 28.4. The maximum atomic E-state index is 11.4. The van der Waals surface area contributed by atoms with Crippen molar-refractivity contribution in [2.75, 3.05) is 44.2 Å². The number of guanidine groups is 1. The fourth-order valence-electron chi connectivity index (χ4n) is 2.40. The zero-order chi connectivity index (χ0) is 17.6. The van der Waals surface area contributed by atoms with E-state index in [1.807, 2.05) is 20.8 Å². The molecule has 1 aromatic rings. The van der Waals surface area contributed by atoms with Crippen LogP contribution in [0, 0.1) is 13.8 Å². The Morgan fingerprint density at radius 1 is 1.28 bits per heavy atom.